The summed E-state index contributed by atoms with van der Waals surface area (Å²) in [6.07, 6.45) is -3.31. The molecule has 3 heterocycles. The van der Waals surface area contributed by atoms with Crippen LogP contribution in [0, 0.1) is 5.41 Å². The Labute approximate surface area is 183 Å². The fourth-order valence-corrected chi connectivity index (χ4v) is 4.64. The molecule has 0 bridgehead atoms. The normalized spacial score (nSPS) is 27.3. The smallest absolute Gasteiger partial charge is 0.397 e. The van der Waals surface area contributed by atoms with Crippen LogP contribution in [0.2, 0.25) is 0 Å². The van der Waals surface area contributed by atoms with E-state index in [-0.39, 0.29) is 56.1 Å². The summed E-state index contributed by atoms with van der Waals surface area (Å²) < 4.78 is 50.0. The van der Waals surface area contributed by atoms with Crippen molar-refractivity contribution >= 4 is 11.9 Å². The number of amides is 3. The van der Waals surface area contributed by atoms with E-state index < -0.39 is 11.6 Å². The Morgan fingerprint density at radius 2 is 1.88 bits per heavy atom. The summed E-state index contributed by atoms with van der Waals surface area (Å²) >= 11 is 0. The Morgan fingerprint density at radius 3 is 2.53 bits per heavy atom. The lowest BCUT2D eigenvalue weighted by Gasteiger charge is -2.46. The van der Waals surface area contributed by atoms with E-state index in [2.05, 4.69) is 5.32 Å². The minimum absolute atomic E-state index is 0.0347. The number of nitrogens with one attached hydrogen (secondary N) is 1. The topological polar surface area (TPSA) is 71.1 Å². The molecule has 1 aromatic rings. The van der Waals surface area contributed by atoms with Gasteiger partial charge in [0.2, 0.25) is 5.91 Å². The average molecular weight is 453 g/mol. The first kappa shape index (κ1) is 21.4. The Morgan fingerprint density at radius 1 is 1.16 bits per heavy atom. The lowest BCUT2D eigenvalue weighted by molar-refractivity contribution is -0.194. The third-order valence-corrected chi connectivity index (χ3v) is 7.07. The Bertz CT molecular complexity index is 881. The predicted octanol–water partition coefficient (Wildman–Crippen LogP) is 2.52. The van der Waals surface area contributed by atoms with E-state index >= 15 is 0 Å². The number of hydrogen-bond donors (Lipinski definition) is 1. The van der Waals surface area contributed by atoms with Gasteiger partial charge < -0.3 is 24.6 Å². The summed E-state index contributed by atoms with van der Waals surface area (Å²) in [6.45, 7) is 1.96. The molecule has 1 aliphatic carbocycles. The van der Waals surface area contributed by atoms with Crippen molar-refractivity contribution in [2.24, 2.45) is 5.41 Å². The molecule has 3 saturated heterocycles. The molecule has 3 aliphatic heterocycles. The minimum Gasteiger partial charge on any atom is -0.493 e. The van der Waals surface area contributed by atoms with Gasteiger partial charge in [0, 0.05) is 32.1 Å². The van der Waals surface area contributed by atoms with Crippen LogP contribution in [-0.2, 0) is 9.53 Å². The van der Waals surface area contributed by atoms with Crippen LogP contribution in [0.25, 0.3) is 0 Å². The number of alkyl halides is 3. The van der Waals surface area contributed by atoms with Gasteiger partial charge >= 0.3 is 12.2 Å². The quantitative estimate of drug-likeness (QED) is 0.761. The van der Waals surface area contributed by atoms with Gasteiger partial charge in [-0.15, -0.1) is 0 Å². The number of halogens is 3. The second-order valence-corrected chi connectivity index (χ2v) is 9.28. The number of likely N-dealkylation sites (tertiary alicyclic amines) is 2. The van der Waals surface area contributed by atoms with Crippen LogP contribution >= 0.6 is 0 Å². The number of ether oxygens (including phenoxy) is 2. The van der Waals surface area contributed by atoms with Crippen LogP contribution in [-0.4, -0.2) is 79.5 Å². The Kier molecular flexibility index (Phi) is 5.22. The molecule has 1 N–H and O–H groups in total. The van der Waals surface area contributed by atoms with Crippen molar-refractivity contribution in [2.45, 2.75) is 43.5 Å². The maximum Gasteiger partial charge on any atom is 0.397 e. The zero-order valence-electron chi connectivity index (χ0n) is 17.6. The molecule has 7 nitrogen and oxygen atoms in total. The second-order valence-electron chi connectivity index (χ2n) is 9.28. The highest BCUT2D eigenvalue weighted by Gasteiger charge is 2.63. The zero-order valence-corrected chi connectivity index (χ0v) is 17.6. The first-order valence-electron chi connectivity index (χ1n) is 11.0. The summed E-state index contributed by atoms with van der Waals surface area (Å²) in [5.74, 6) is 0.465. The van der Waals surface area contributed by atoms with Crippen molar-refractivity contribution in [3.8, 4) is 5.75 Å². The van der Waals surface area contributed by atoms with E-state index in [1.165, 1.54) is 0 Å². The van der Waals surface area contributed by atoms with Gasteiger partial charge in [0.15, 0.2) is 0 Å². The van der Waals surface area contributed by atoms with Gasteiger partial charge in [-0.25, -0.2) is 4.79 Å². The van der Waals surface area contributed by atoms with E-state index in [0.29, 0.717) is 38.3 Å². The molecule has 174 valence electrons. The van der Waals surface area contributed by atoms with Crippen molar-refractivity contribution in [2.75, 3.05) is 39.4 Å². The number of benzene rings is 1. The second kappa shape index (κ2) is 7.83. The summed E-state index contributed by atoms with van der Waals surface area (Å²) in [5.41, 5.74) is -0.647. The SMILES string of the molecule is O=C1COC2CCN(C(=O)N3CC(c4ccc(OCC5(C(F)(F)F)CC5)cc4)C3)C[C@H]2N1. The lowest BCUT2D eigenvalue weighted by atomic mass is 9.91. The molecule has 0 spiro atoms. The van der Waals surface area contributed by atoms with Crippen LogP contribution in [0.3, 0.4) is 0 Å². The molecule has 5 rings (SSSR count). The first-order valence-corrected chi connectivity index (χ1v) is 11.0. The summed E-state index contributed by atoms with van der Waals surface area (Å²) in [4.78, 5) is 27.9. The number of rotatable bonds is 4. The molecule has 4 fully saturated rings. The van der Waals surface area contributed by atoms with Gasteiger partial charge in [0.25, 0.3) is 0 Å². The first-order chi connectivity index (χ1) is 15.2. The molecule has 3 amide bonds. The van der Waals surface area contributed by atoms with Gasteiger partial charge in [-0.1, -0.05) is 12.1 Å². The van der Waals surface area contributed by atoms with E-state index in [4.69, 9.17) is 9.47 Å². The van der Waals surface area contributed by atoms with Crippen LogP contribution in [0.4, 0.5) is 18.0 Å². The molecular weight excluding hydrogens is 427 g/mol. The summed E-state index contributed by atoms with van der Waals surface area (Å²) in [7, 11) is 0. The molecule has 32 heavy (non-hydrogen) atoms. The van der Waals surface area contributed by atoms with Crippen molar-refractivity contribution in [1.82, 2.24) is 15.1 Å². The molecule has 0 aromatic heterocycles. The fourth-order valence-electron chi connectivity index (χ4n) is 4.64. The number of piperidine rings is 1. The van der Waals surface area contributed by atoms with Crippen LogP contribution < -0.4 is 10.1 Å². The molecule has 0 radical (unpaired) electrons. The van der Waals surface area contributed by atoms with Crippen molar-refractivity contribution < 1.29 is 32.2 Å². The zero-order chi connectivity index (χ0) is 22.5. The largest absolute Gasteiger partial charge is 0.493 e. The Hall–Kier alpha value is -2.49. The van der Waals surface area contributed by atoms with Crippen molar-refractivity contribution in [1.29, 1.82) is 0 Å². The maximum absolute atomic E-state index is 13.0. The van der Waals surface area contributed by atoms with Crippen molar-refractivity contribution in [3.05, 3.63) is 29.8 Å². The number of carbonyl (C=O) groups is 2. The van der Waals surface area contributed by atoms with Gasteiger partial charge in [0.05, 0.1) is 12.1 Å². The van der Waals surface area contributed by atoms with E-state index in [1.807, 2.05) is 12.1 Å². The number of carbonyl (C=O) groups excluding carboxylic acids is 2. The summed E-state index contributed by atoms with van der Waals surface area (Å²) in [6, 6.07) is 6.91. The highest BCUT2D eigenvalue weighted by Crippen LogP contribution is 2.57. The Balaban J connectivity index is 1.10. The maximum atomic E-state index is 13.0. The highest BCUT2D eigenvalue weighted by atomic mass is 19.4. The molecule has 1 saturated carbocycles. The third kappa shape index (κ3) is 4.00. The van der Waals surface area contributed by atoms with E-state index in [1.54, 1.807) is 21.9 Å². The van der Waals surface area contributed by atoms with E-state index in [0.717, 1.165) is 5.56 Å². The van der Waals surface area contributed by atoms with Gasteiger partial charge in [-0.05, 0) is 37.0 Å². The molecule has 1 aromatic carbocycles. The van der Waals surface area contributed by atoms with Crippen LogP contribution in [0.1, 0.15) is 30.7 Å². The number of nitrogens with zero attached hydrogens (tertiary/aromatic N) is 2. The molecule has 4 aliphatic rings. The van der Waals surface area contributed by atoms with Gasteiger partial charge in [-0.3, -0.25) is 4.79 Å². The summed E-state index contributed by atoms with van der Waals surface area (Å²) in [5, 5.41) is 2.90. The van der Waals surface area contributed by atoms with Crippen molar-refractivity contribution in [3.63, 3.8) is 0 Å². The van der Waals surface area contributed by atoms with Crippen LogP contribution in [0.5, 0.6) is 5.75 Å². The molecule has 2 atom stereocenters. The average Bonchev–Trinajstić information content (AvgIpc) is 3.53. The lowest BCUT2D eigenvalue weighted by Crippen LogP contribution is -2.63. The molecule has 10 heteroatoms. The number of hydrogen-bond acceptors (Lipinski definition) is 4. The minimum atomic E-state index is -4.22. The van der Waals surface area contributed by atoms with Gasteiger partial charge in [0.1, 0.15) is 24.4 Å². The molecule has 1 unspecified atom stereocenters. The van der Waals surface area contributed by atoms with E-state index in [9.17, 15) is 22.8 Å². The fraction of sp³-hybridized carbons (Fsp3) is 0.636. The highest BCUT2D eigenvalue weighted by molar-refractivity contribution is 5.79. The molecular formula is C22H26F3N3O4. The number of morpholine rings is 1. The van der Waals surface area contributed by atoms with Crippen LogP contribution in [0.15, 0.2) is 24.3 Å². The number of fused-ring (bicyclic) bond motifs is 1. The number of urea groups is 1. The standard InChI is InChI=1S/C22H26F3N3O4/c23-22(24,25)21(6-7-21)13-32-16-3-1-14(2-4-16)15-9-28(10-15)20(30)27-8-5-18-17(11-27)26-19(29)12-31-18/h1-4,15,17-18H,5-13H2,(H,26,29)/t17-,18?/m1/s1. The van der Waals surface area contributed by atoms with Gasteiger partial charge in [-0.2, -0.15) is 13.2 Å². The third-order valence-electron chi connectivity index (χ3n) is 7.07. The monoisotopic (exact) mass is 453 g/mol. The predicted molar refractivity (Wildman–Crippen MR) is 107 cm³/mol.